The van der Waals surface area contributed by atoms with Crippen LogP contribution in [0.1, 0.15) is 109 Å². The van der Waals surface area contributed by atoms with Crippen LogP contribution in [0, 0.1) is 22.7 Å². The number of ketones is 1. The van der Waals surface area contributed by atoms with Crippen molar-refractivity contribution in [2.75, 3.05) is 26.7 Å². The van der Waals surface area contributed by atoms with Crippen LogP contribution in [-0.2, 0) is 29.2 Å². The number of urea groups is 1. The Bertz CT molecular complexity index is 1260. The molecule has 13 nitrogen and oxygen atoms in total. The Labute approximate surface area is 289 Å². The van der Waals surface area contributed by atoms with Crippen molar-refractivity contribution >= 4 is 39.6 Å². The summed E-state index contributed by atoms with van der Waals surface area (Å²) in [6, 6.07) is -4.23. The highest BCUT2D eigenvalue weighted by atomic mass is 32.2. The molecule has 1 saturated heterocycles. The fourth-order valence-corrected chi connectivity index (χ4v) is 7.10. The van der Waals surface area contributed by atoms with Crippen molar-refractivity contribution in [1.82, 2.24) is 30.5 Å². The number of hydrogen-bond acceptors (Lipinski definition) is 7. The minimum atomic E-state index is -3.67. The Kier molecular flexibility index (Phi) is 15.1. The summed E-state index contributed by atoms with van der Waals surface area (Å²) < 4.78 is 26.4. The maximum absolute atomic E-state index is 14.3. The van der Waals surface area contributed by atoms with Crippen LogP contribution in [0.2, 0.25) is 0 Å². The first-order chi connectivity index (χ1) is 21.7. The lowest BCUT2D eigenvalue weighted by Crippen LogP contribution is -2.62. The summed E-state index contributed by atoms with van der Waals surface area (Å²) in [5.74, 6) is -2.64. The van der Waals surface area contributed by atoms with Crippen molar-refractivity contribution in [2.45, 2.75) is 138 Å². The zero-order chi connectivity index (χ0) is 37.6. The lowest BCUT2D eigenvalue weighted by molar-refractivity contribution is -0.144. The molecule has 5 atom stereocenters. The van der Waals surface area contributed by atoms with Gasteiger partial charge < -0.3 is 26.2 Å². The molecule has 5 amide bonds. The first-order valence-corrected chi connectivity index (χ1v) is 18.6. The predicted octanol–water partition coefficient (Wildman–Crippen LogP) is 3.04. The summed E-state index contributed by atoms with van der Waals surface area (Å²) in [6.07, 6.45) is 1.37. The van der Waals surface area contributed by atoms with E-state index in [4.69, 9.17) is 0 Å². The number of likely N-dealkylation sites (N-methyl/N-ethyl adjacent to an activating group) is 2. The minimum absolute atomic E-state index is 0.0169. The topological polar surface area (TPSA) is 174 Å². The number of carbonyl (C=O) groups excluding carboxylic acids is 5. The van der Waals surface area contributed by atoms with E-state index < -0.39 is 79.3 Å². The highest BCUT2D eigenvalue weighted by molar-refractivity contribution is 7.90. The third-order valence-electron chi connectivity index (χ3n) is 8.99. The van der Waals surface area contributed by atoms with Crippen LogP contribution < -0.4 is 21.3 Å². The highest BCUT2D eigenvalue weighted by Crippen LogP contribution is 2.33. The zero-order valence-electron chi connectivity index (χ0n) is 31.9. The van der Waals surface area contributed by atoms with Crippen LogP contribution in [0.25, 0.3) is 0 Å². The molecule has 0 aromatic heterocycles. The van der Waals surface area contributed by atoms with E-state index in [0.717, 1.165) is 0 Å². The van der Waals surface area contributed by atoms with Gasteiger partial charge in [0, 0.05) is 32.7 Å². The summed E-state index contributed by atoms with van der Waals surface area (Å²) in [4.78, 5) is 68.6. The Hall–Kier alpha value is -2.74. The van der Waals surface area contributed by atoms with Gasteiger partial charge in [-0.3, -0.25) is 19.2 Å². The number of hydrogen-bond donors (Lipinski definition) is 4. The second kappa shape index (κ2) is 16.8. The molecule has 0 radical (unpaired) electrons. The number of Topliss-reactive ketones (excluding diaryl/α,β-unsaturated/α-hetero) is 1. The molecule has 0 spiro atoms. The molecule has 0 aliphatic carbocycles. The number of carbonyl (C=O) groups is 5. The fourth-order valence-electron chi connectivity index (χ4n) is 5.82. The van der Waals surface area contributed by atoms with Crippen molar-refractivity contribution < 1.29 is 32.4 Å². The van der Waals surface area contributed by atoms with Gasteiger partial charge in [0.2, 0.25) is 27.6 Å². The second-order valence-electron chi connectivity index (χ2n) is 16.5. The number of sulfonamides is 1. The molecule has 278 valence electrons. The normalized spacial score (nSPS) is 19.5. The number of rotatable bonds is 14. The van der Waals surface area contributed by atoms with Gasteiger partial charge in [0.1, 0.15) is 12.1 Å². The van der Waals surface area contributed by atoms with Crippen LogP contribution in [-0.4, -0.2) is 103 Å². The lowest BCUT2D eigenvalue weighted by Gasteiger charge is -2.39. The van der Waals surface area contributed by atoms with Crippen LogP contribution in [0.15, 0.2) is 0 Å². The average Bonchev–Trinajstić information content (AvgIpc) is 3.39. The highest BCUT2D eigenvalue weighted by Gasteiger charge is 2.48. The first-order valence-electron chi connectivity index (χ1n) is 17.2. The molecule has 0 aromatic carbocycles. The Morgan fingerprint density at radius 3 is 1.88 bits per heavy atom. The van der Waals surface area contributed by atoms with Crippen molar-refractivity contribution in [2.24, 2.45) is 22.7 Å². The van der Waals surface area contributed by atoms with Crippen molar-refractivity contribution in [3.05, 3.63) is 0 Å². The molecule has 0 saturated carbocycles. The largest absolute Gasteiger partial charge is 0.350 e. The van der Waals surface area contributed by atoms with E-state index >= 15 is 0 Å². The van der Waals surface area contributed by atoms with Gasteiger partial charge in [-0.1, -0.05) is 68.7 Å². The number of amides is 5. The number of nitrogens with zero attached hydrogens (tertiary/aromatic N) is 2. The van der Waals surface area contributed by atoms with Crippen LogP contribution in [0.4, 0.5) is 4.79 Å². The van der Waals surface area contributed by atoms with Crippen molar-refractivity contribution in [1.29, 1.82) is 0 Å². The second-order valence-corrected chi connectivity index (χ2v) is 19.3. The molecular weight excluding hydrogens is 636 g/mol. The molecule has 0 bridgehead atoms. The van der Waals surface area contributed by atoms with Gasteiger partial charge >= 0.3 is 6.03 Å². The van der Waals surface area contributed by atoms with Gasteiger partial charge in [-0.25, -0.2) is 17.5 Å². The predicted molar refractivity (Wildman–Crippen MR) is 188 cm³/mol. The maximum atomic E-state index is 14.3. The third-order valence-corrected chi connectivity index (χ3v) is 11.5. The van der Waals surface area contributed by atoms with Crippen LogP contribution in [0.5, 0.6) is 0 Å². The Balaban J connectivity index is 3.37. The van der Waals surface area contributed by atoms with Gasteiger partial charge in [-0.2, -0.15) is 0 Å². The summed E-state index contributed by atoms with van der Waals surface area (Å²) in [5, 5.41) is 11.0. The SMILES string of the molecule is CCCC(NC(=O)[C@@H]1[C@@H](C(C)C)CCN1C(=O)[C@@H](NC(=O)N[C@H](CN(C)S(=O)(=O)C(C)(C)C)C(C)(C)C)C(C)(C)C)C(=O)C(=O)NCC. The quantitative estimate of drug-likeness (QED) is 0.202. The van der Waals surface area contributed by atoms with E-state index in [2.05, 4.69) is 21.3 Å². The first kappa shape index (κ1) is 43.3. The fraction of sp³-hybridized carbons (Fsp3) is 0.853. The standard InChI is InChI=1S/C34H64N6O7S/c1-15-17-23(26(41)29(43)35-16-2)36-28(42)25-22(21(3)4)18-19-40(25)30(44)27(33(8,9)10)38-31(45)37-24(32(5,6)7)20-39(14)48(46,47)34(11,12)13/h21-25,27H,15-20H2,1-14H3,(H,35,43)(H,36,42)(H2,37,38,45)/t22-,23?,24-,25+,27-/m1/s1. The Morgan fingerprint density at radius 1 is 0.875 bits per heavy atom. The van der Waals surface area contributed by atoms with Gasteiger partial charge in [-0.15, -0.1) is 0 Å². The molecule has 1 heterocycles. The maximum Gasteiger partial charge on any atom is 0.315 e. The van der Waals surface area contributed by atoms with E-state index in [1.807, 2.05) is 62.3 Å². The zero-order valence-corrected chi connectivity index (χ0v) is 32.7. The van der Waals surface area contributed by atoms with Crippen molar-refractivity contribution in [3.8, 4) is 0 Å². The summed E-state index contributed by atoms with van der Waals surface area (Å²) in [6.45, 7) is 24.0. The smallest absolute Gasteiger partial charge is 0.315 e. The third kappa shape index (κ3) is 11.1. The van der Waals surface area contributed by atoms with E-state index in [9.17, 15) is 32.4 Å². The number of nitrogens with one attached hydrogen (secondary N) is 4. The van der Waals surface area contributed by atoms with E-state index in [-0.39, 0.29) is 37.9 Å². The number of likely N-dealkylation sites (tertiary alicyclic amines) is 1. The van der Waals surface area contributed by atoms with Crippen LogP contribution in [0.3, 0.4) is 0 Å². The molecular formula is C34H64N6O7S. The van der Waals surface area contributed by atoms with Gasteiger partial charge in [-0.05, 0) is 63.2 Å². The molecule has 1 rings (SSSR count). The molecule has 0 aromatic rings. The minimum Gasteiger partial charge on any atom is -0.350 e. The molecule has 1 aliphatic rings. The summed E-state index contributed by atoms with van der Waals surface area (Å²) in [7, 11) is -2.19. The summed E-state index contributed by atoms with van der Waals surface area (Å²) in [5.41, 5.74) is -1.31. The Morgan fingerprint density at radius 2 is 1.44 bits per heavy atom. The van der Waals surface area contributed by atoms with E-state index in [1.54, 1.807) is 27.7 Å². The van der Waals surface area contributed by atoms with E-state index in [0.29, 0.717) is 12.8 Å². The van der Waals surface area contributed by atoms with E-state index in [1.165, 1.54) is 16.3 Å². The average molecular weight is 701 g/mol. The van der Waals surface area contributed by atoms with Gasteiger partial charge in [0.25, 0.3) is 5.91 Å². The molecule has 1 fully saturated rings. The molecule has 14 heteroatoms. The molecule has 1 unspecified atom stereocenters. The monoisotopic (exact) mass is 700 g/mol. The molecule has 4 N–H and O–H groups in total. The van der Waals surface area contributed by atoms with Crippen molar-refractivity contribution in [3.63, 3.8) is 0 Å². The molecule has 48 heavy (non-hydrogen) atoms. The van der Waals surface area contributed by atoms with Crippen LogP contribution >= 0.6 is 0 Å². The lowest BCUT2D eigenvalue weighted by atomic mass is 9.84. The van der Waals surface area contributed by atoms with Gasteiger partial charge in [0.15, 0.2) is 0 Å². The van der Waals surface area contributed by atoms with Gasteiger partial charge in [0.05, 0.1) is 10.8 Å². The summed E-state index contributed by atoms with van der Waals surface area (Å²) >= 11 is 0. The molecule has 1 aliphatic heterocycles.